The maximum absolute atomic E-state index is 12.6. The normalized spacial score (nSPS) is 12.4. The molecular weight excluding hydrogens is 1080 g/mol. The molecule has 88 heavy (non-hydrogen) atoms. The number of aliphatic hydroxyl groups is 2. The summed E-state index contributed by atoms with van der Waals surface area (Å²) in [4.78, 5) is 24.7. The van der Waals surface area contributed by atoms with Crippen molar-refractivity contribution in [1.29, 1.82) is 0 Å². The van der Waals surface area contributed by atoms with Crippen LogP contribution >= 0.6 is 0 Å². The van der Waals surface area contributed by atoms with Gasteiger partial charge in [0, 0.05) is 12.8 Å². The number of hydrogen-bond acceptors (Lipinski definition) is 5. The van der Waals surface area contributed by atoms with Crippen LogP contribution in [0.1, 0.15) is 489 Å². The van der Waals surface area contributed by atoms with E-state index in [2.05, 4.69) is 19.2 Å². The van der Waals surface area contributed by atoms with Crippen molar-refractivity contribution >= 4 is 11.9 Å². The maximum Gasteiger partial charge on any atom is 0.305 e. The van der Waals surface area contributed by atoms with Crippen molar-refractivity contribution in [3.63, 3.8) is 0 Å². The van der Waals surface area contributed by atoms with E-state index in [9.17, 15) is 19.8 Å². The predicted molar refractivity (Wildman–Crippen MR) is 389 cm³/mol. The van der Waals surface area contributed by atoms with E-state index in [0.29, 0.717) is 25.9 Å². The number of aliphatic hydroxyl groups excluding tert-OH is 2. The third-order valence-electron chi connectivity index (χ3n) is 19.9. The molecule has 0 aromatic carbocycles. The SMILES string of the molecule is CCCCCCCCCCCCCCCCCCCCCCCCCCCC(O)C(CO)NC(=O)CCCCCCCCCCCCCCCCCCCCCCCCCCCCCCCCCOC(=O)CCCCCCCCCCCCCCCCC. The second-order valence-corrected chi connectivity index (χ2v) is 28.8. The van der Waals surface area contributed by atoms with Crippen LogP contribution in [0.2, 0.25) is 0 Å². The molecule has 0 rings (SSSR count). The van der Waals surface area contributed by atoms with E-state index >= 15 is 0 Å². The summed E-state index contributed by atoms with van der Waals surface area (Å²) in [7, 11) is 0. The van der Waals surface area contributed by atoms with Crippen molar-refractivity contribution in [3.05, 3.63) is 0 Å². The minimum Gasteiger partial charge on any atom is -0.466 e. The van der Waals surface area contributed by atoms with Gasteiger partial charge in [0.15, 0.2) is 0 Å². The number of rotatable bonds is 79. The summed E-state index contributed by atoms with van der Waals surface area (Å²) in [5.74, 6) is 0.00154. The third-order valence-corrected chi connectivity index (χ3v) is 19.9. The second-order valence-electron chi connectivity index (χ2n) is 28.8. The molecule has 0 aliphatic carbocycles. The third kappa shape index (κ3) is 73.9. The molecule has 0 aliphatic rings. The topological polar surface area (TPSA) is 95.9 Å². The van der Waals surface area contributed by atoms with Crippen LogP contribution in [0, 0.1) is 0 Å². The largest absolute Gasteiger partial charge is 0.466 e. The van der Waals surface area contributed by atoms with E-state index in [1.54, 1.807) is 0 Å². The van der Waals surface area contributed by atoms with Gasteiger partial charge in [0.25, 0.3) is 0 Å². The monoisotopic (exact) mass is 1240 g/mol. The molecule has 6 heteroatoms. The van der Waals surface area contributed by atoms with Gasteiger partial charge in [0.05, 0.1) is 25.4 Å². The van der Waals surface area contributed by atoms with Crippen LogP contribution in [-0.4, -0.2) is 47.4 Å². The quantitative estimate of drug-likeness (QED) is 0.0417. The number of nitrogens with one attached hydrogen (secondary N) is 1. The molecule has 6 nitrogen and oxygen atoms in total. The van der Waals surface area contributed by atoms with Gasteiger partial charge in [-0.2, -0.15) is 0 Å². The average Bonchev–Trinajstić information content (AvgIpc) is 3.58. The lowest BCUT2D eigenvalue weighted by molar-refractivity contribution is -0.143. The molecule has 0 saturated carbocycles. The smallest absolute Gasteiger partial charge is 0.305 e. The predicted octanol–water partition coefficient (Wildman–Crippen LogP) is 27.3. The summed E-state index contributed by atoms with van der Waals surface area (Å²) in [5.41, 5.74) is 0. The van der Waals surface area contributed by atoms with Gasteiger partial charge >= 0.3 is 5.97 Å². The minimum absolute atomic E-state index is 0.0238. The second kappa shape index (κ2) is 78.3. The molecule has 3 N–H and O–H groups in total. The first-order valence-electron chi connectivity index (χ1n) is 41.3. The molecular formula is C82H163NO5. The molecule has 1 amide bonds. The van der Waals surface area contributed by atoms with Gasteiger partial charge in [-0.15, -0.1) is 0 Å². The zero-order chi connectivity index (χ0) is 63.5. The molecule has 0 saturated heterocycles. The first kappa shape index (κ1) is 86.9. The lowest BCUT2D eigenvalue weighted by Crippen LogP contribution is -2.45. The fourth-order valence-corrected chi connectivity index (χ4v) is 13.6. The molecule has 0 heterocycles. The molecule has 0 aromatic heterocycles. The minimum atomic E-state index is -0.662. The van der Waals surface area contributed by atoms with Crippen molar-refractivity contribution in [2.45, 2.75) is 501 Å². The Balaban J connectivity index is 3.32. The van der Waals surface area contributed by atoms with Crippen molar-refractivity contribution in [2.24, 2.45) is 0 Å². The molecule has 0 bridgehead atoms. The molecule has 0 spiro atoms. The van der Waals surface area contributed by atoms with Crippen LogP contribution in [0.15, 0.2) is 0 Å². The highest BCUT2D eigenvalue weighted by atomic mass is 16.5. The maximum atomic E-state index is 12.6. The van der Waals surface area contributed by atoms with Crippen LogP contribution < -0.4 is 5.32 Å². The zero-order valence-corrected chi connectivity index (χ0v) is 60.5. The van der Waals surface area contributed by atoms with Crippen molar-refractivity contribution in [3.8, 4) is 0 Å². The van der Waals surface area contributed by atoms with Crippen LogP contribution in [0.5, 0.6) is 0 Å². The number of carbonyl (C=O) groups is 2. The van der Waals surface area contributed by atoms with Crippen molar-refractivity contribution < 1.29 is 24.5 Å². The highest BCUT2D eigenvalue weighted by Crippen LogP contribution is 2.21. The van der Waals surface area contributed by atoms with Gasteiger partial charge in [0.2, 0.25) is 5.91 Å². The Hall–Kier alpha value is -1.14. The van der Waals surface area contributed by atoms with Gasteiger partial charge in [0.1, 0.15) is 0 Å². The molecule has 2 atom stereocenters. The summed E-state index contributed by atoms with van der Waals surface area (Å²) >= 11 is 0. The summed E-state index contributed by atoms with van der Waals surface area (Å²) in [6.07, 6.45) is 97.8. The number of carbonyl (C=O) groups excluding carboxylic acids is 2. The van der Waals surface area contributed by atoms with Gasteiger partial charge < -0.3 is 20.3 Å². The van der Waals surface area contributed by atoms with E-state index in [1.807, 2.05) is 0 Å². The molecule has 526 valence electrons. The molecule has 0 aromatic rings. The van der Waals surface area contributed by atoms with E-state index < -0.39 is 12.1 Å². The Kier molecular flexibility index (Phi) is 77.3. The Morgan fingerprint density at radius 1 is 0.273 bits per heavy atom. The lowest BCUT2D eigenvalue weighted by Gasteiger charge is -2.22. The number of esters is 1. The number of ether oxygens (including phenoxy) is 1. The summed E-state index contributed by atoms with van der Waals surface area (Å²) in [6.45, 7) is 5.02. The van der Waals surface area contributed by atoms with Gasteiger partial charge in [-0.3, -0.25) is 9.59 Å². The van der Waals surface area contributed by atoms with E-state index in [4.69, 9.17) is 4.74 Å². The summed E-state index contributed by atoms with van der Waals surface area (Å²) in [6, 6.07) is -0.539. The Labute approximate surface area is 553 Å². The molecule has 2 unspecified atom stereocenters. The van der Waals surface area contributed by atoms with Gasteiger partial charge in [-0.25, -0.2) is 0 Å². The number of unbranched alkanes of at least 4 members (excludes halogenated alkanes) is 68. The first-order valence-corrected chi connectivity index (χ1v) is 41.3. The first-order chi connectivity index (χ1) is 43.5. The van der Waals surface area contributed by atoms with Gasteiger partial charge in [-0.1, -0.05) is 450 Å². The lowest BCUT2D eigenvalue weighted by atomic mass is 10.0. The van der Waals surface area contributed by atoms with E-state index in [-0.39, 0.29) is 18.5 Å². The summed E-state index contributed by atoms with van der Waals surface area (Å²) in [5, 5.41) is 23.5. The highest BCUT2D eigenvalue weighted by Gasteiger charge is 2.20. The number of hydrogen-bond donors (Lipinski definition) is 3. The zero-order valence-electron chi connectivity index (χ0n) is 60.5. The Morgan fingerprint density at radius 2 is 0.466 bits per heavy atom. The number of amides is 1. The van der Waals surface area contributed by atoms with E-state index in [1.165, 1.54) is 417 Å². The van der Waals surface area contributed by atoms with Crippen LogP contribution in [0.4, 0.5) is 0 Å². The van der Waals surface area contributed by atoms with Gasteiger partial charge in [-0.05, 0) is 25.7 Å². The molecule has 0 radical (unpaired) electrons. The standard InChI is InChI=1S/C82H163NO5/c1-3-5-7-9-11-13-15-17-19-20-21-22-23-31-34-37-40-43-47-50-54-58-62-66-70-74-80(85)79(78-84)83-81(86)75-71-67-63-59-55-51-48-44-41-38-35-32-29-27-25-24-26-28-30-33-36-39-42-45-49-53-57-61-65-69-73-77-88-82(87)76-72-68-64-60-56-52-46-18-16-14-12-10-8-6-4-2/h79-80,84-85H,3-78H2,1-2H3,(H,83,86). The van der Waals surface area contributed by atoms with Crippen molar-refractivity contribution in [2.75, 3.05) is 13.2 Å². The van der Waals surface area contributed by atoms with Crippen LogP contribution in [0.3, 0.4) is 0 Å². The Bertz CT molecular complexity index is 1290. The summed E-state index contributed by atoms with van der Waals surface area (Å²) < 4.78 is 5.51. The van der Waals surface area contributed by atoms with Crippen molar-refractivity contribution in [1.82, 2.24) is 5.32 Å². The molecule has 0 aliphatic heterocycles. The Morgan fingerprint density at radius 3 is 0.693 bits per heavy atom. The average molecular weight is 1240 g/mol. The molecule has 0 fully saturated rings. The van der Waals surface area contributed by atoms with E-state index in [0.717, 1.165) is 38.5 Å². The fraction of sp³-hybridized carbons (Fsp3) is 0.976. The fourth-order valence-electron chi connectivity index (χ4n) is 13.6. The van der Waals surface area contributed by atoms with Crippen LogP contribution in [-0.2, 0) is 14.3 Å². The van der Waals surface area contributed by atoms with Crippen LogP contribution in [0.25, 0.3) is 0 Å². The highest BCUT2D eigenvalue weighted by molar-refractivity contribution is 5.76.